The summed E-state index contributed by atoms with van der Waals surface area (Å²) in [7, 11) is 1.60. The van der Waals surface area contributed by atoms with Crippen LogP contribution in [0.1, 0.15) is 38.3 Å². The summed E-state index contributed by atoms with van der Waals surface area (Å²) in [6, 6.07) is 6.31. The van der Waals surface area contributed by atoms with Gasteiger partial charge in [0.2, 0.25) is 0 Å². The van der Waals surface area contributed by atoms with Gasteiger partial charge in [-0.25, -0.2) is 4.79 Å². The number of halogens is 1. The van der Waals surface area contributed by atoms with Crippen molar-refractivity contribution in [2.75, 3.05) is 38.7 Å². The van der Waals surface area contributed by atoms with Crippen molar-refractivity contribution in [1.29, 1.82) is 0 Å². The van der Waals surface area contributed by atoms with Gasteiger partial charge in [0, 0.05) is 25.9 Å². The van der Waals surface area contributed by atoms with Gasteiger partial charge in [-0.2, -0.15) is 0 Å². The minimum Gasteiger partial charge on any atom is -0.444 e. The molecule has 2 rings (SSSR count). The molecule has 0 fully saturated rings. The Morgan fingerprint density at radius 2 is 1.96 bits per heavy atom. The summed E-state index contributed by atoms with van der Waals surface area (Å²) < 4.78 is 10.5. The number of hydrogen-bond acceptors (Lipinski definition) is 4. The van der Waals surface area contributed by atoms with E-state index in [0.717, 1.165) is 18.5 Å². The molecule has 28 heavy (non-hydrogen) atoms. The molecule has 158 valence electrons. The molecule has 1 amide bonds. The summed E-state index contributed by atoms with van der Waals surface area (Å²) >= 11 is 0. The molecular weight excluding hydrogens is 471 g/mol. The van der Waals surface area contributed by atoms with Gasteiger partial charge < -0.3 is 25.4 Å². The van der Waals surface area contributed by atoms with Crippen LogP contribution in [0.4, 0.5) is 10.5 Å². The van der Waals surface area contributed by atoms with E-state index in [1.807, 2.05) is 26.8 Å². The van der Waals surface area contributed by atoms with E-state index < -0.39 is 5.60 Å². The first kappa shape index (κ1) is 24.5. The average molecular weight is 504 g/mol. The zero-order valence-corrected chi connectivity index (χ0v) is 19.6. The number of hydrogen-bond donors (Lipinski definition) is 2. The second kappa shape index (κ2) is 11.5. The normalized spacial score (nSPS) is 13.5. The summed E-state index contributed by atoms with van der Waals surface area (Å²) in [6.45, 7) is 7.20. The Morgan fingerprint density at radius 3 is 2.64 bits per heavy atom. The van der Waals surface area contributed by atoms with Gasteiger partial charge in [0.25, 0.3) is 0 Å². The number of anilines is 1. The molecule has 8 heteroatoms. The number of nitrogens with one attached hydrogen (secondary N) is 1. The molecule has 0 aliphatic heterocycles. The maximum atomic E-state index is 12.3. The van der Waals surface area contributed by atoms with E-state index in [1.54, 1.807) is 12.0 Å². The Balaban J connectivity index is 0.00000392. The van der Waals surface area contributed by atoms with Crippen LogP contribution in [-0.2, 0) is 22.3 Å². The third kappa shape index (κ3) is 8.22. The topological polar surface area (TPSA) is 89.2 Å². The number of aryl methyl sites for hydroxylation is 2. The number of amides is 1. The minimum absolute atomic E-state index is 0. The molecule has 0 bridgehead atoms. The van der Waals surface area contributed by atoms with E-state index in [9.17, 15) is 4.79 Å². The van der Waals surface area contributed by atoms with Crippen molar-refractivity contribution in [2.45, 2.75) is 45.6 Å². The lowest BCUT2D eigenvalue weighted by Gasteiger charge is -2.26. The van der Waals surface area contributed by atoms with Gasteiger partial charge in [0.15, 0.2) is 5.96 Å². The molecule has 3 N–H and O–H groups in total. The number of nitrogens with two attached hydrogens (primary N) is 1. The number of ether oxygens (including phenoxy) is 2. The molecule has 0 spiro atoms. The number of nitrogens with zero attached hydrogens (tertiary/aromatic N) is 2. The maximum Gasteiger partial charge on any atom is 0.410 e. The highest BCUT2D eigenvalue weighted by Crippen LogP contribution is 2.24. The zero-order chi connectivity index (χ0) is 19.9. The van der Waals surface area contributed by atoms with E-state index in [1.165, 1.54) is 17.5 Å². The number of fused-ring (bicyclic) bond motifs is 1. The van der Waals surface area contributed by atoms with Gasteiger partial charge in [-0.3, -0.25) is 4.99 Å². The number of carbonyl (C=O) groups excluding carboxylic acids is 1. The number of guanidine groups is 1. The van der Waals surface area contributed by atoms with Crippen LogP contribution in [-0.4, -0.2) is 55.9 Å². The van der Waals surface area contributed by atoms with Crippen molar-refractivity contribution in [1.82, 2.24) is 4.90 Å². The Morgan fingerprint density at radius 1 is 1.25 bits per heavy atom. The second-order valence-electron chi connectivity index (χ2n) is 7.69. The van der Waals surface area contributed by atoms with Crippen LogP contribution >= 0.6 is 24.0 Å². The highest BCUT2D eigenvalue weighted by molar-refractivity contribution is 14.0. The smallest absolute Gasteiger partial charge is 0.410 e. The molecule has 0 radical (unpaired) electrons. The number of aliphatic imine (C=N–C) groups is 1. The lowest BCUT2D eigenvalue weighted by molar-refractivity contribution is 0.0208. The summed E-state index contributed by atoms with van der Waals surface area (Å²) in [5, 5.41) is 3.12. The van der Waals surface area contributed by atoms with E-state index >= 15 is 0 Å². The van der Waals surface area contributed by atoms with Gasteiger partial charge in [-0.1, -0.05) is 6.07 Å². The van der Waals surface area contributed by atoms with Crippen molar-refractivity contribution in [3.63, 3.8) is 0 Å². The Bertz CT molecular complexity index is 674. The molecule has 7 nitrogen and oxygen atoms in total. The van der Waals surface area contributed by atoms with Crippen LogP contribution in [0.15, 0.2) is 23.2 Å². The van der Waals surface area contributed by atoms with Crippen LogP contribution in [0.25, 0.3) is 0 Å². The molecule has 0 saturated heterocycles. The largest absolute Gasteiger partial charge is 0.444 e. The van der Waals surface area contributed by atoms with E-state index in [4.69, 9.17) is 15.2 Å². The predicted octanol–water partition coefficient (Wildman–Crippen LogP) is 3.40. The van der Waals surface area contributed by atoms with Gasteiger partial charge in [0.05, 0.1) is 13.2 Å². The van der Waals surface area contributed by atoms with E-state index in [0.29, 0.717) is 32.2 Å². The van der Waals surface area contributed by atoms with Crippen molar-refractivity contribution in [3.05, 3.63) is 29.3 Å². The quantitative estimate of drug-likeness (QED) is 0.338. The molecule has 1 aromatic carbocycles. The summed E-state index contributed by atoms with van der Waals surface area (Å²) in [5.41, 5.74) is 9.19. The summed E-state index contributed by atoms with van der Waals surface area (Å²) in [5.74, 6) is 0.337. The van der Waals surface area contributed by atoms with Gasteiger partial charge >= 0.3 is 6.09 Å². The first-order chi connectivity index (χ1) is 12.8. The first-order valence-electron chi connectivity index (χ1n) is 9.44. The van der Waals surface area contributed by atoms with Gasteiger partial charge in [-0.05, 0) is 63.3 Å². The van der Waals surface area contributed by atoms with Crippen LogP contribution < -0.4 is 11.1 Å². The Labute approximate surface area is 185 Å². The van der Waals surface area contributed by atoms with Gasteiger partial charge in [-0.15, -0.1) is 24.0 Å². The van der Waals surface area contributed by atoms with Crippen LogP contribution in [0.5, 0.6) is 0 Å². The third-order valence-corrected chi connectivity index (χ3v) is 4.24. The van der Waals surface area contributed by atoms with E-state index in [2.05, 4.69) is 22.4 Å². The van der Waals surface area contributed by atoms with Crippen LogP contribution in [0.3, 0.4) is 0 Å². The fraction of sp³-hybridized carbons (Fsp3) is 0.600. The fourth-order valence-corrected chi connectivity index (χ4v) is 2.95. The molecule has 0 atom stereocenters. The molecular formula is C20H33IN4O3. The minimum atomic E-state index is -0.542. The lowest BCUT2D eigenvalue weighted by Crippen LogP contribution is -2.40. The van der Waals surface area contributed by atoms with Crippen LogP contribution in [0, 0.1) is 0 Å². The highest BCUT2D eigenvalue weighted by Gasteiger charge is 2.21. The number of benzene rings is 1. The molecule has 0 aromatic heterocycles. The first-order valence-corrected chi connectivity index (χ1v) is 9.44. The zero-order valence-electron chi connectivity index (χ0n) is 17.3. The van der Waals surface area contributed by atoms with Crippen molar-refractivity contribution in [3.8, 4) is 0 Å². The number of rotatable bonds is 7. The average Bonchev–Trinajstić information content (AvgIpc) is 3.04. The molecule has 1 aliphatic carbocycles. The van der Waals surface area contributed by atoms with Gasteiger partial charge in [0.1, 0.15) is 5.60 Å². The second-order valence-corrected chi connectivity index (χ2v) is 7.69. The number of methoxy groups -OCH3 is 1. The Kier molecular flexibility index (Phi) is 10.0. The highest BCUT2D eigenvalue weighted by atomic mass is 127. The summed E-state index contributed by atoms with van der Waals surface area (Å²) in [6.07, 6.45) is 3.11. The molecule has 0 heterocycles. The maximum absolute atomic E-state index is 12.3. The Hall–Kier alpha value is -1.55. The SMILES string of the molecule is COCCN(CCN=C(N)Nc1ccc2c(c1)CCC2)C(=O)OC(C)(C)C.I. The lowest BCUT2D eigenvalue weighted by atomic mass is 10.1. The van der Waals surface area contributed by atoms with E-state index in [-0.39, 0.29) is 30.1 Å². The molecule has 1 aliphatic rings. The monoisotopic (exact) mass is 504 g/mol. The molecule has 1 aromatic rings. The fourth-order valence-electron chi connectivity index (χ4n) is 2.95. The molecule has 0 saturated carbocycles. The van der Waals surface area contributed by atoms with Crippen LogP contribution in [0.2, 0.25) is 0 Å². The standard InChI is InChI=1S/C20H32N4O3.HI/c1-20(2,3)27-19(25)24(12-13-26-4)11-10-22-18(21)23-17-9-8-15-6-5-7-16(15)14-17;/h8-9,14H,5-7,10-13H2,1-4H3,(H3,21,22,23);1H. The van der Waals surface area contributed by atoms with Crippen molar-refractivity contribution in [2.24, 2.45) is 10.7 Å². The molecule has 0 unspecified atom stereocenters. The van der Waals surface area contributed by atoms with Crippen molar-refractivity contribution < 1.29 is 14.3 Å². The summed E-state index contributed by atoms with van der Waals surface area (Å²) in [4.78, 5) is 18.2. The number of carbonyl (C=O) groups is 1. The third-order valence-electron chi connectivity index (χ3n) is 4.24. The van der Waals surface area contributed by atoms with Crippen molar-refractivity contribution >= 4 is 41.7 Å². The predicted molar refractivity (Wildman–Crippen MR) is 124 cm³/mol.